The number of nitrogens with zero attached hydrogens (tertiary/aromatic N) is 1. The zero-order valence-corrected chi connectivity index (χ0v) is 12.5. The molecule has 0 aromatic carbocycles. The summed E-state index contributed by atoms with van der Waals surface area (Å²) in [5.41, 5.74) is 1.72. The van der Waals surface area contributed by atoms with E-state index in [9.17, 15) is 13.2 Å². The summed E-state index contributed by atoms with van der Waals surface area (Å²) < 4.78 is 24.7. The van der Waals surface area contributed by atoms with Crippen molar-refractivity contribution in [3.8, 4) is 0 Å². The van der Waals surface area contributed by atoms with Gasteiger partial charge < -0.3 is 0 Å². The topological polar surface area (TPSA) is 54.5 Å². The minimum absolute atomic E-state index is 0.0993. The molecule has 19 heavy (non-hydrogen) atoms. The number of amides is 1. The van der Waals surface area contributed by atoms with Crippen molar-refractivity contribution in [1.82, 2.24) is 4.31 Å². The van der Waals surface area contributed by atoms with Crippen LogP contribution in [0.1, 0.15) is 40.6 Å². The van der Waals surface area contributed by atoms with Crippen LogP contribution in [0.15, 0.2) is 5.38 Å². The highest BCUT2D eigenvalue weighted by Crippen LogP contribution is 2.34. The van der Waals surface area contributed by atoms with Crippen LogP contribution in [0.25, 0.3) is 0 Å². The molecule has 0 radical (unpaired) electrons. The third kappa shape index (κ3) is 2.21. The maximum Gasteiger partial charge on any atom is 0.268 e. The summed E-state index contributed by atoms with van der Waals surface area (Å²) in [4.78, 5) is 13.7. The van der Waals surface area contributed by atoms with Gasteiger partial charge in [-0.1, -0.05) is 6.92 Å². The van der Waals surface area contributed by atoms with Crippen molar-refractivity contribution in [1.29, 1.82) is 0 Å². The number of hydrogen-bond acceptors (Lipinski definition) is 4. The van der Waals surface area contributed by atoms with Gasteiger partial charge in [-0.25, -0.2) is 12.7 Å². The molecule has 1 fully saturated rings. The van der Waals surface area contributed by atoms with Crippen LogP contribution in [0.3, 0.4) is 0 Å². The molecule has 3 rings (SSSR count). The molecule has 1 amide bonds. The Morgan fingerprint density at radius 2 is 2.26 bits per heavy atom. The van der Waals surface area contributed by atoms with Crippen LogP contribution in [0.4, 0.5) is 0 Å². The first-order valence-electron chi connectivity index (χ1n) is 6.63. The highest BCUT2D eigenvalue weighted by molar-refractivity contribution is 7.89. The minimum atomic E-state index is -3.36. The van der Waals surface area contributed by atoms with E-state index in [-0.39, 0.29) is 11.7 Å². The number of hydrogen-bond donors (Lipinski definition) is 0. The monoisotopic (exact) mass is 299 g/mol. The lowest BCUT2D eigenvalue weighted by molar-refractivity contribution is 0.0869. The Bertz CT molecular complexity index is 618. The van der Waals surface area contributed by atoms with Crippen LogP contribution < -0.4 is 0 Å². The Labute approximate surface area is 117 Å². The van der Waals surface area contributed by atoms with E-state index in [1.54, 1.807) is 11.3 Å². The molecule has 4 nitrogen and oxygen atoms in total. The van der Waals surface area contributed by atoms with E-state index in [2.05, 4.69) is 6.92 Å². The van der Waals surface area contributed by atoms with Gasteiger partial charge in [0, 0.05) is 16.8 Å². The summed E-state index contributed by atoms with van der Waals surface area (Å²) >= 11 is 1.60. The largest absolute Gasteiger partial charge is 0.268 e. The highest BCUT2D eigenvalue weighted by Gasteiger charge is 2.35. The Morgan fingerprint density at radius 3 is 2.95 bits per heavy atom. The van der Waals surface area contributed by atoms with E-state index in [1.807, 2.05) is 5.38 Å². The van der Waals surface area contributed by atoms with Gasteiger partial charge >= 0.3 is 0 Å². The van der Waals surface area contributed by atoms with E-state index in [0.717, 1.165) is 29.1 Å². The molecule has 6 heteroatoms. The molecule has 0 N–H and O–H groups in total. The first-order chi connectivity index (χ1) is 8.99. The Kier molecular flexibility index (Phi) is 3.17. The molecule has 2 aliphatic rings. The second kappa shape index (κ2) is 4.59. The van der Waals surface area contributed by atoms with E-state index in [0.29, 0.717) is 24.4 Å². The maximum atomic E-state index is 12.4. The normalized spacial score (nSPS) is 25.3. The highest BCUT2D eigenvalue weighted by atomic mass is 32.2. The predicted molar refractivity (Wildman–Crippen MR) is 74.9 cm³/mol. The number of fused-ring (bicyclic) bond motifs is 1. The zero-order chi connectivity index (χ0) is 13.6. The second-order valence-electron chi connectivity index (χ2n) is 5.45. The Balaban J connectivity index is 1.93. The fraction of sp³-hybridized carbons (Fsp3) is 0.615. The third-order valence-electron chi connectivity index (χ3n) is 3.96. The molecule has 104 valence electrons. The quantitative estimate of drug-likeness (QED) is 0.797. The van der Waals surface area contributed by atoms with Crippen molar-refractivity contribution in [2.24, 2.45) is 5.92 Å². The number of sulfonamides is 1. The van der Waals surface area contributed by atoms with E-state index in [4.69, 9.17) is 0 Å². The second-order valence-corrected chi connectivity index (χ2v) is 8.42. The van der Waals surface area contributed by atoms with E-state index >= 15 is 0 Å². The summed E-state index contributed by atoms with van der Waals surface area (Å²) in [7, 11) is -3.36. The SMILES string of the molecule is CC1CCc2c(C(=O)N3CCCS3(=O)=O)csc2C1. The molecule has 1 saturated heterocycles. The third-order valence-corrected chi connectivity index (χ3v) is 6.83. The van der Waals surface area contributed by atoms with Gasteiger partial charge in [-0.05, 0) is 37.2 Å². The van der Waals surface area contributed by atoms with Crippen LogP contribution in [0.5, 0.6) is 0 Å². The number of carbonyl (C=O) groups is 1. The zero-order valence-electron chi connectivity index (χ0n) is 10.9. The Hall–Kier alpha value is -0.880. The van der Waals surface area contributed by atoms with Crippen molar-refractivity contribution in [2.45, 2.75) is 32.6 Å². The summed E-state index contributed by atoms with van der Waals surface area (Å²) in [5.74, 6) is 0.441. The van der Waals surface area contributed by atoms with Gasteiger partial charge in [0.25, 0.3) is 5.91 Å². The van der Waals surface area contributed by atoms with Gasteiger partial charge in [0.1, 0.15) is 0 Å². The minimum Gasteiger partial charge on any atom is -0.268 e. The van der Waals surface area contributed by atoms with Gasteiger partial charge in [-0.15, -0.1) is 11.3 Å². The van der Waals surface area contributed by atoms with Crippen LogP contribution in [0.2, 0.25) is 0 Å². The van der Waals surface area contributed by atoms with Gasteiger partial charge in [0.15, 0.2) is 0 Å². The fourth-order valence-corrected chi connectivity index (χ4v) is 5.57. The molecule has 2 heterocycles. The van der Waals surface area contributed by atoms with Crippen molar-refractivity contribution < 1.29 is 13.2 Å². The molecule has 0 saturated carbocycles. The molecule has 0 spiro atoms. The molecule has 1 aromatic rings. The standard InChI is InChI=1S/C13H17NO3S2/c1-9-3-4-10-11(8-18-12(10)7-9)13(15)14-5-2-6-19(14,16)17/h8-9H,2-7H2,1H3. The van der Waals surface area contributed by atoms with Crippen molar-refractivity contribution in [2.75, 3.05) is 12.3 Å². The maximum absolute atomic E-state index is 12.4. The summed E-state index contributed by atoms with van der Waals surface area (Å²) in [6.45, 7) is 2.55. The molecule has 1 aliphatic carbocycles. The predicted octanol–water partition coefficient (Wildman–Crippen LogP) is 2.05. The smallest absolute Gasteiger partial charge is 0.268 e. The van der Waals surface area contributed by atoms with Crippen LogP contribution in [-0.4, -0.2) is 30.9 Å². The first kappa shape index (κ1) is 13.1. The molecule has 1 atom stereocenters. The molecule has 1 unspecified atom stereocenters. The lowest BCUT2D eigenvalue weighted by Gasteiger charge is -2.20. The van der Waals surface area contributed by atoms with Crippen LogP contribution in [0, 0.1) is 5.92 Å². The molecule has 1 aliphatic heterocycles. The fourth-order valence-electron chi connectivity index (χ4n) is 2.86. The van der Waals surface area contributed by atoms with Crippen molar-refractivity contribution in [3.63, 3.8) is 0 Å². The lowest BCUT2D eigenvalue weighted by Crippen LogP contribution is -2.33. The van der Waals surface area contributed by atoms with Gasteiger partial charge in [-0.3, -0.25) is 4.79 Å². The summed E-state index contributed by atoms with van der Waals surface area (Å²) in [6.07, 6.45) is 3.54. The number of thiophene rings is 1. The van der Waals surface area contributed by atoms with Crippen molar-refractivity contribution in [3.05, 3.63) is 21.4 Å². The van der Waals surface area contributed by atoms with E-state index < -0.39 is 10.0 Å². The Morgan fingerprint density at radius 1 is 1.47 bits per heavy atom. The summed E-state index contributed by atoms with van der Waals surface area (Å²) in [5, 5.41) is 1.85. The average Bonchev–Trinajstić information content (AvgIpc) is 2.90. The van der Waals surface area contributed by atoms with Crippen molar-refractivity contribution >= 4 is 27.3 Å². The van der Waals surface area contributed by atoms with Gasteiger partial charge in [0.05, 0.1) is 11.3 Å². The van der Waals surface area contributed by atoms with Crippen LogP contribution >= 0.6 is 11.3 Å². The summed E-state index contributed by atoms with van der Waals surface area (Å²) in [6, 6.07) is 0. The molecule has 0 bridgehead atoms. The molecule has 1 aromatic heterocycles. The average molecular weight is 299 g/mol. The number of rotatable bonds is 1. The van der Waals surface area contributed by atoms with E-state index in [1.165, 1.54) is 4.88 Å². The van der Waals surface area contributed by atoms with Gasteiger partial charge in [0.2, 0.25) is 10.0 Å². The van der Waals surface area contributed by atoms with Gasteiger partial charge in [-0.2, -0.15) is 0 Å². The molecular formula is C13H17NO3S2. The lowest BCUT2D eigenvalue weighted by atomic mass is 9.88. The molecular weight excluding hydrogens is 282 g/mol. The number of carbonyl (C=O) groups excluding carboxylic acids is 1. The van der Waals surface area contributed by atoms with Crippen LogP contribution in [-0.2, 0) is 22.9 Å². The first-order valence-corrected chi connectivity index (χ1v) is 9.12.